The van der Waals surface area contributed by atoms with Crippen LogP contribution in [0.4, 0.5) is 0 Å². The van der Waals surface area contributed by atoms with E-state index < -0.39 is 0 Å². The highest BCUT2D eigenvalue weighted by Crippen LogP contribution is 2.22. The van der Waals surface area contributed by atoms with Gasteiger partial charge < -0.3 is 4.74 Å². The summed E-state index contributed by atoms with van der Waals surface area (Å²) in [5, 5.41) is 8.84. The highest BCUT2D eigenvalue weighted by Gasteiger charge is 2.09. The molecule has 0 unspecified atom stereocenters. The fourth-order valence-corrected chi connectivity index (χ4v) is 2.96. The Morgan fingerprint density at radius 2 is 1.48 bits per heavy atom. The van der Waals surface area contributed by atoms with Gasteiger partial charge in [-0.3, -0.25) is 4.90 Å². The Hall–Kier alpha value is -2.31. The molecule has 1 fully saturated rings. The van der Waals surface area contributed by atoms with Crippen LogP contribution in [-0.4, -0.2) is 31.1 Å². The molecule has 118 valence electrons. The van der Waals surface area contributed by atoms with Crippen molar-refractivity contribution in [1.82, 2.24) is 4.90 Å². The molecule has 2 aromatic carbocycles. The van der Waals surface area contributed by atoms with Gasteiger partial charge in [0.25, 0.3) is 0 Å². The zero-order valence-corrected chi connectivity index (χ0v) is 13.4. The molecule has 23 heavy (non-hydrogen) atoms. The van der Waals surface area contributed by atoms with Crippen molar-refractivity contribution < 1.29 is 4.74 Å². The van der Waals surface area contributed by atoms with Crippen LogP contribution in [0.2, 0.25) is 0 Å². The Morgan fingerprint density at radius 3 is 2.09 bits per heavy atom. The van der Waals surface area contributed by atoms with Crippen molar-refractivity contribution in [2.45, 2.75) is 19.3 Å². The van der Waals surface area contributed by atoms with Crippen LogP contribution in [0.25, 0.3) is 11.1 Å². The van der Waals surface area contributed by atoms with E-state index >= 15 is 0 Å². The molecule has 2 aromatic rings. The van der Waals surface area contributed by atoms with Crippen LogP contribution in [-0.2, 0) is 0 Å². The number of ether oxygens (including phenoxy) is 1. The molecule has 1 aliphatic rings. The first kappa shape index (κ1) is 15.6. The molecule has 0 amide bonds. The first-order chi connectivity index (χ1) is 11.3. The topological polar surface area (TPSA) is 36.3 Å². The first-order valence-electron chi connectivity index (χ1n) is 8.31. The maximum atomic E-state index is 8.84. The molecule has 1 heterocycles. The van der Waals surface area contributed by atoms with Crippen molar-refractivity contribution in [2.75, 3.05) is 26.2 Å². The third-order valence-electron chi connectivity index (χ3n) is 4.33. The van der Waals surface area contributed by atoms with E-state index in [0.29, 0.717) is 5.56 Å². The van der Waals surface area contributed by atoms with Gasteiger partial charge in [0.15, 0.2) is 0 Å². The molecule has 0 saturated carbocycles. The number of hydrogen-bond acceptors (Lipinski definition) is 3. The van der Waals surface area contributed by atoms with E-state index in [9.17, 15) is 0 Å². The van der Waals surface area contributed by atoms with E-state index in [1.54, 1.807) is 0 Å². The summed E-state index contributed by atoms with van der Waals surface area (Å²) in [5.74, 6) is 0.916. The number of likely N-dealkylation sites (tertiary alicyclic amines) is 1. The van der Waals surface area contributed by atoms with Gasteiger partial charge >= 0.3 is 0 Å². The summed E-state index contributed by atoms with van der Waals surface area (Å²) < 4.78 is 5.85. The molecular weight excluding hydrogens is 284 g/mol. The average molecular weight is 306 g/mol. The minimum atomic E-state index is 0.686. The summed E-state index contributed by atoms with van der Waals surface area (Å²) >= 11 is 0. The number of piperidine rings is 1. The Bertz CT molecular complexity index is 650. The molecule has 1 saturated heterocycles. The van der Waals surface area contributed by atoms with Crippen molar-refractivity contribution in [3.63, 3.8) is 0 Å². The lowest BCUT2D eigenvalue weighted by atomic mass is 10.0. The van der Waals surface area contributed by atoms with Crippen molar-refractivity contribution in [3.8, 4) is 22.9 Å². The molecule has 0 radical (unpaired) electrons. The molecule has 0 aliphatic carbocycles. The van der Waals surface area contributed by atoms with Crippen LogP contribution in [0, 0.1) is 11.3 Å². The van der Waals surface area contributed by atoms with Gasteiger partial charge in [0.2, 0.25) is 0 Å². The SMILES string of the molecule is N#Cc1ccc(-c2ccc(OCCN3CCCCC3)cc2)cc1. The lowest BCUT2D eigenvalue weighted by molar-refractivity contribution is 0.183. The fraction of sp³-hybridized carbons (Fsp3) is 0.350. The van der Waals surface area contributed by atoms with E-state index in [1.807, 2.05) is 36.4 Å². The zero-order chi connectivity index (χ0) is 15.9. The van der Waals surface area contributed by atoms with Crippen LogP contribution in [0.5, 0.6) is 5.75 Å². The number of nitrogens with zero attached hydrogens (tertiary/aromatic N) is 2. The maximum Gasteiger partial charge on any atom is 0.119 e. The van der Waals surface area contributed by atoms with Crippen LogP contribution in [0.1, 0.15) is 24.8 Å². The molecule has 3 heteroatoms. The van der Waals surface area contributed by atoms with E-state index in [-0.39, 0.29) is 0 Å². The third-order valence-corrected chi connectivity index (χ3v) is 4.33. The van der Waals surface area contributed by atoms with Crippen LogP contribution in [0.15, 0.2) is 48.5 Å². The lowest BCUT2D eigenvalue weighted by Crippen LogP contribution is -2.33. The highest BCUT2D eigenvalue weighted by atomic mass is 16.5. The van der Waals surface area contributed by atoms with Gasteiger partial charge in [-0.15, -0.1) is 0 Å². The lowest BCUT2D eigenvalue weighted by Gasteiger charge is -2.26. The highest BCUT2D eigenvalue weighted by molar-refractivity contribution is 5.64. The molecule has 0 N–H and O–H groups in total. The summed E-state index contributed by atoms with van der Waals surface area (Å²) in [6.07, 6.45) is 4.01. The summed E-state index contributed by atoms with van der Waals surface area (Å²) in [5.41, 5.74) is 2.94. The van der Waals surface area contributed by atoms with Crippen molar-refractivity contribution >= 4 is 0 Å². The molecule has 0 bridgehead atoms. The summed E-state index contributed by atoms with van der Waals surface area (Å²) in [4.78, 5) is 2.48. The number of hydrogen-bond donors (Lipinski definition) is 0. The van der Waals surface area contributed by atoms with Gasteiger partial charge in [0, 0.05) is 6.54 Å². The number of rotatable bonds is 5. The smallest absolute Gasteiger partial charge is 0.119 e. The van der Waals surface area contributed by atoms with Gasteiger partial charge in [0.1, 0.15) is 12.4 Å². The Morgan fingerprint density at radius 1 is 0.870 bits per heavy atom. The van der Waals surface area contributed by atoms with E-state index in [2.05, 4.69) is 23.1 Å². The summed E-state index contributed by atoms with van der Waals surface area (Å²) in [7, 11) is 0. The molecule has 3 rings (SSSR count). The second-order valence-electron chi connectivity index (χ2n) is 5.96. The maximum absolute atomic E-state index is 8.84. The Balaban J connectivity index is 1.53. The molecule has 0 aromatic heterocycles. The van der Waals surface area contributed by atoms with E-state index in [4.69, 9.17) is 10.00 Å². The minimum Gasteiger partial charge on any atom is -0.492 e. The van der Waals surface area contributed by atoms with Gasteiger partial charge in [-0.1, -0.05) is 30.7 Å². The van der Waals surface area contributed by atoms with Crippen LogP contribution >= 0.6 is 0 Å². The Kier molecular flexibility index (Phi) is 5.29. The molecule has 0 spiro atoms. The minimum absolute atomic E-state index is 0.686. The number of nitriles is 1. The van der Waals surface area contributed by atoms with E-state index in [0.717, 1.165) is 30.0 Å². The quantitative estimate of drug-likeness (QED) is 0.834. The molecule has 0 atom stereocenters. The fourth-order valence-electron chi connectivity index (χ4n) is 2.96. The van der Waals surface area contributed by atoms with Gasteiger partial charge in [-0.25, -0.2) is 0 Å². The normalized spacial score (nSPS) is 15.1. The summed E-state index contributed by atoms with van der Waals surface area (Å²) in [6, 6.07) is 18.0. The average Bonchev–Trinajstić information content (AvgIpc) is 2.63. The Labute approximate surface area is 138 Å². The second-order valence-corrected chi connectivity index (χ2v) is 5.96. The first-order valence-corrected chi connectivity index (χ1v) is 8.31. The van der Waals surface area contributed by atoms with Gasteiger partial charge in [0.05, 0.1) is 11.6 Å². The molecular formula is C20H22N2O. The van der Waals surface area contributed by atoms with E-state index in [1.165, 1.54) is 32.4 Å². The zero-order valence-electron chi connectivity index (χ0n) is 13.4. The van der Waals surface area contributed by atoms with Gasteiger partial charge in [-0.2, -0.15) is 5.26 Å². The predicted molar refractivity (Wildman–Crippen MR) is 92.4 cm³/mol. The number of benzene rings is 2. The van der Waals surface area contributed by atoms with Crippen molar-refractivity contribution in [3.05, 3.63) is 54.1 Å². The largest absolute Gasteiger partial charge is 0.492 e. The monoisotopic (exact) mass is 306 g/mol. The predicted octanol–water partition coefficient (Wildman–Crippen LogP) is 4.09. The van der Waals surface area contributed by atoms with Gasteiger partial charge in [-0.05, 0) is 61.3 Å². The second kappa shape index (κ2) is 7.80. The standard InChI is InChI=1S/C20H22N2O/c21-16-17-4-6-18(7-5-17)19-8-10-20(11-9-19)23-15-14-22-12-2-1-3-13-22/h4-11H,1-3,12-15H2. The van der Waals surface area contributed by atoms with Crippen LogP contribution < -0.4 is 4.74 Å². The van der Waals surface area contributed by atoms with Crippen LogP contribution in [0.3, 0.4) is 0 Å². The summed E-state index contributed by atoms with van der Waals surface area (Å²) in [6.45, 7) is 4.18. The molecule has 1 aliphatic heterocycles. The van der Waals surface area contributed by atoms with Crippen molar-refractivity contribution in [1.29, 1.82) is 5.26 Å². The third kappa shape index (κ3) is 4.34. The molecule has 3 nitrogen and oxygen atoms in total. The van der Waals surface area contributed by atoms with Crippen molar-refractivity contribution in [2.24, 2.45) is 0 Å².